The van der Waals surface area contributed by atoms with Crippen LogP contribution in [0, 0.1) is 5.92 Å². The number of aliphatic imine (C=N–C) groups is 1. The zero-order chi connectivity index (χ0) is 9.14. The normalized spacial score (nSPS) is 23.2. The Morgan fingerprint density at radius 1 is 1.58 bits per heavy atom. The fourth-order valence-corrected chi connectivity index (χ4v) is 1.72. The standard InChI is InChI=1S/C9H16N2S/c1-7(2)8-5-6-11(3)9(10-8)12-4/h5-7,9H,1-4H3. The lowest BCUT2D eigenvalue weighted by Gasteiger charge is -2.26. The summed E-state index contributed by atoms with van der Waals surface area (Å²) in [6, 6.07) is 0. The Bertz CT molecular complexity index is 209. The van der Waals surface area contributed by atoms with Crippen LogP contribution in [0.25, 0.3) is 0 Å². The van der Waals surface area contributed by atoms with Crippen molar-refractivity contribution in [1.82, 2.24) is 4.90 Å². The second-order valence-corrected chi connectivity index (χ2v) is 4.14. The van der Waals surface area contributed by atoms with Gasteiger partial charge in [-0.3, -0.25) is 4.99 Å². The van der Waals surface area contributed by atoms with Crippen LogP contribution in [-0.2, 0) is 0 Å². The molecule has 0 radical (unpaired) electrons. The molecule has 0 spiro atoms. The monoisotopic (exact) mass is 184 g/mol. The lowest BCUT2D eigenvalue weighted by Crippen LogP contribution is -2.27. The molecule has 0 aromatic rings. The van der Waals surface area contributed by atoms with Gasteiger partial charge in [0.25, 0.3) is 0 Å². The lowest BCUT2D eigenvalue weighted by molar-refractivity contribution is 0.432. The van der Waals surface area contributed by atoms with Crippen molar-refractivity contribution in [2.24, 2.45) is 10.9 Å². The average Bonchev–Trinajstić information content (AvgIpc) is 2.05. The van der Waals surface area contributed by atoms with E-state index in [9.17, 15) is 0 Å². The molecule has 0 saturated heterocycles. The van der Waals surface area contributed by atoms with Gasteiger partial charge in [-0.05, 0) is 18.2 Å². The van der Waals surface area contributed by atoms with E-state index in [0.717, 1.165) is 0 Å². The van der Waals surface area contributed by atoms with Gasteiger partial charge in [0, 0.05) is 19.0 Å². The SMILES string of the molecule is CSC1N=C(C(C)C)C=CN1C. The largest absolute Gasteiger partial charge is 0.351 e. The Balaban J connectivity index is 2.73. The minimum Gasteiger partial charge on any atom is -0.351 e. The van der Waals surface area contributed by atoms with Crippen molar-refractivity contribution in [3.8, 4) is 0 Å². The van der Waals surface area contributed by atoms with Crippen LogP contribution >= 0.6 is 11.8 Å². The molecule has 2 nitrogen and oxygen atoms in total. The number of thioether (sulfide) groups is 1. The molecule has 68 valence electrons. The molecule has 1 atom stereocenters. The van der Waals surface area contributed by atoms with E-state index in [1.807, 2.05) is 0 Å². The first-order valence-electron chi connectivity index (χ1n) is 4.15. The molecule has 1 heterocycles. The first kappa shape index (κ1) is 9.65. The molecule has 1 rings (SSSR count). The predicted molar refractivity (Wildman–Crippen MR) is 56.5 cm³/mol. The summed E-state index contributed by atoms with van der Waals surface area (Å²) < 4.78 is 0. The molecule has 0 aromatic heterocycles. The van der Waals surface area contributed by atoms with Gasteiger partial charge in [0.1, 0.15) is 0 Å². The van der Waals surface area contributed by atoms with Gasteiger partial charge in [-0.1, -0.05) is 13.8 Å². The minimum absolute atomic E-state index is 0.271. The summed E-state index contributed by atoms with van der Waals surface area (Å²) in [4.78, 5) is 6.72. The third kappa shape index (κ3) is 2.03. The van der Waals surface area contributed by atoms with E-state index >= 15 is 0 Å². The van der Waals surface area contributed by atoms with Crippen molar-refractivity contribution >= 4 is 17.5 Å². The van der Waals surface area contributed by atoms with E-state index in [1.54, 1.807) is 11.8 Å². The van der Waals surface area contributed by atoms with Crippen LogP contribution in [0.4, 0.5) is 0 Å². The van der Waals surface area contributed by atoms with Crippen LogP contribution in [0.3, 0.4) is 0 Å². The molecule has 0 fully saturated rings. The smallest absolute Gasteiger partial charge is 0.168 e. The molecule has 3 heteroatoms. The zero-order valence-electron chi connectivity index (χ0n) is 8.11. The summed E-state index contributed by atoms with van der Waals surface area (Å²) in [5.74, 6) is 0.532. The summed E-state index contributed by atoms with van der Waals surface area (Å²) in [7, 11) is 2.05. The highest BCUT2D eigenvalue weighted by Crippen LogP contribution is 2.18. The van der Waals surface area contributed by atoms with Crippen LogP contribution in [0.15, 0.2) is 17.3 Å². The maximum absolute atomic E-state index is 4.60. The Kier molecular flexibility index (Phi) is 3.20. The van der Waals surface area contributed by atoms with Crippen molar-refractivity contribution < 1.29 is 0 Å². The number of hydrogen-bond donors (Lipinski definition) is 0. The quantitative estimate of drug-likeness (QED) is 0.653. The molecule has 12 heavy (non-hydrogen) atoms. The first-order valence-corrected chi connectivity index (χ1v) is 5.44. The van der Waals surface area contributed by atoms with Gasteiger partial charge in [-0.25, -0.2) is 0 Å². The van der Waals surface area contributed by atoms with Crippen LogP contribution in [0.2, 0.25) is 0 Å². The van der Waals surface area contributed by atoms with Crippen molar-refractivity contribution in [3.05, 3.63) is 12.3 Å². The summed E-state index contributed by atoms with van der Waals surface area (Å²) in [6.07, 6.45) is 6.28. The third-order valence-corrected chi connectivity index (χ3v) is 2.75. The van der Waals surface area contributed by atoms with Gasteiger partial charge >= 0.3 is 0 Å². The van der Waals surface area contributed by atoms with Crippen LogP contribution in [-0.4, -0.2) is 29.4 Å². The minimum atomic E-state index is 0.271. The average molecular weight is 184 g/mol. The molecular formula is C9H16N2S. The molecular weight excluding hydrogens is 168 g/mol. The maximum Gasteiger partial charge on any atom is 0.168 e. The summed E-state index contributed by atoms with van der Waals surface area (Å²) >= 11 is 1.76. The van der Waals surface area contributed by atoms with Crippen LogP contribution < -0.4 is 0 Å². The summed E-state index contributed by atoms with van der Waals surface area (Å²) in [6.45, 7) is 4.34. The highest BCUT2D eigenvalue weighted by atomic mass is 32.2. The molecule has 1 aliphatic heterocycles. The van der Waals surface area contributed by atoms with E-state index in [1.165, 1.54) is 5.71 Å². The van der Waals surface area contributed by atoms with Gasteiger partial charge in [0.05, 0.1) is 0 Å². The molecule has 0 bridgehead atoms. The van der Waals surface area contributed by atoms with E-state index in [2.05, 4.69) is 49.3 Å². The number of nitrogens with zero attached hydrogens (tertiary/aromatic N) is 2. The van der Waals surface area contributed by atoms with Gasteiger partial charge in [-0.2, -0.15) is 0 Å². The van der Waals surface area contributed by atoms with Crippen molar-refractivity contribution in [1.29, 1.82) is 0 Å². The van der Waals surface area contributed by atoms with E-state index in [0.29, 0.717) is 5.92 Å². The fourth-order valence-electron chi connectivity index (χ4n) is 1.09. The van der Waals surface area contributed by atoms with Gasteiger partial charge < -0.3 is 4.90 Å². The Labute approximate surface area is 78.7 Å². The third-order valence-electron chi connectivity index (χ3n) is 1.89. The van der Waals surface area contributed by atoms with E-state index in [4.69, 9.17) is 0 Å². The molecule has 0 N–H and O–H groups in total. The molecule has 1 unspecified atom stereocenters. The van der Waals surface area contributed by atoms with Gasteiger partial charge in [-0.15, -0.1) is 11.8 Å². The Morgan fingerprint density at radius 3 is 2.75 bits per heavy atom. The molecule has 1 aliphatic rings. The molecule has 0 saturated carbocycles. The topological polar surface area (TPSA) is 15.6 Å². The van der Waals surface area contributed by atoms with E-state index < -0.39 is 0 Å². The van der Waals surface area contributed by atoms with Crippen LogP contribution in [0.5, 0.6) is 0 Å². The maximum atomic E-state index is 4.60. The van der Waals surface area contributed by atoms with Crippen molar-refractivity contribution in [3.63, 3.8) is 0 Å². The summed E-state index contributed by atoms with van der Waals surface area (Å²) in [5, 5.41) is 0. The molecule has 0 amide bonds. The lowest BCUT2D eigenvalue weighted by atomic mass is 10.1. The van der Waals surface area contributed by atoms with E-state index in [-0.39, 0.29) is 5.50 Å². The summed E-state index contributed by atoms with van der Waals surface area (Å²) in [5.41, 5.74) is 1.47. The van der Waals surface area contributed by atoms with Crippen molar-refractivity contribution in [2.45, 2.75) is 19.3 Å². The van der Waals surface area contributed by atoms with Gasteiger partial charge in [0.2, 0.25) is 0 Å². The Hall–Kier alpha value is -0.440. The second kappa shape index (κ2) is 3.99. The molecule has 0 aromatic carbocycles. The van der Waals surface area contributed by atoms with Gasteiger partial charge in [0.15, 0.2) is 5.50 Å². The second-order valence-electron chi connectivity index (χ2n) is 3.25. The highest BCUT2D eigenvalue weighted by molar-refractivity contribution is 7.99. The highest BCUT2D eigenvalue weighted by Gasteiger charge is 2.14. The number of hydrogen-bond acceptors (Lipinski definition) is 3. The molecule has 0 aliphatic carbocycles. The van der Waals surface area contributed by atoms with Crippen LogP contribution in [0.1, 0.15) is 13.8 Å². The first-order chi connectivity index (χ1) is 5.65. The Morgan fingerprint density at radius 2 is 2.25 bits per heavy atom. The zero-order valence-corrected chi connectivity index (χ0v) is 8.93. The van der Waals surface area contributed by atoms with Crippen molar-refractivity contribution in [2.75, 3.05) is 13.3 Å². The fraction of sp³-hybridized carbons (Fsp3) is 0.667. The number of allylic oxidation sites excluding steroid dienone is 1. The number of rotatable bonds is 2. The predicted octanol–water partition coefficient (Wildman–Crippen LogP) is 2.19.